The van der Waals surface area contributed by atoms with Crippen LogP contribution in [0.4, 0.5) is 4.79 Å². The van der Waals surface area contributed by atoms with Gasteiger partial charge in [0.05, 0.1) is 0 Å². The maximum atomic E-state index is 10.6. The van der Waals surface area contributed by atoms with E-state index in [9.17, 15) is 9.59 Å². The molecule has 0 aromatic carbocycles. The summed E-state index contributed by atoms with van der Waals surface area (Å²) in [6.45, 7) is -0.0435. The van der Waals surface area contributed by atoms with Crippen LogP contribution in [0.15, 0.2) is 12.2 Å². The molecule has 1 amide bonds. The van der Waals surface area contributed by atoms with Gasteiger partial charge in [-0.25, -0.2) is 4.79 Å². The summed E-state index contributed by atoms with van der Waals surface area (Å²) < 4.78 is 9.52. The van der Waals surface area contributed by atoms with Crippen LogP contribution in [0.5, 0.6) is 0 Å². The van der Waals surface area contributed by atoms with Crippen molar-refractivity contribution in [3.63, 3.8) is 0 Å². The van der Waals surface area contributed by atoms with Crippen molar-refractivity contribution in [1.82, 2.24) is 5.32 Å². The van der Waals surface area contributed by atoms with Crippen molar-refractivity contribution >= 4 is 11.9 Å². The molecular formula is C7H9NO4. The molecule has 1 heterocycles. The Balaban J connectivity index is 2.40. The number of nitrogens with one attached hydrogen (secondary N) is 1. The number of rotatable bonds is 1. The fraction of sp³-hybridized carbons (Fsp3) is 0.429. The maximum absolute atomic E-state index is 10.6. The van der Waals surface area contributed by atoms with Gasteiger partial charge in [0, 0.05) is 7.05 Å². The SMILES string of the molecule is CNC(=O)OC1C=CC(=O)CO1. The van der Waals surface area contributed by atoms with E-state index in [1.54, 1.807) is 0 Å². The van der Waals surface area contributed by atoms with Gasteiger partial charge in [-0.05, 0) is 12.2 Å². The number of ketones is 1. The van der Waals surface area contributed by atoms with Crippen LogP contribution in [-0.2, 0) is 14.3 Å². The molecular weight excluding hydrogens is 162 g/mol. The van der Waals surface area contributed by atoms with E-state index in [2.05, 4.69) is 10.1 Å². The molecule has 0 spiro atoms. The molecule has 1 N–H and O–H groups in total. The molecule has 66 valence electrons. The van der Waals surface area contributed by atoms with E-state index >= 15 is 0 Å². The highest BCUT2D eigenvalue weighted by Crippen LogP contribution is 2.03. The molecule has 1 rings (SSSR count). The van der Waals surface area contributed by atoms with Gasteiger partial charge in [-0.2, -0.15) is 0 Å². The Morgan fingerprint density at radius 3 is 3.08 bits per heavy atom. The van der Waals surface area contributed by atoms with Crippen LogP contribution >= 0.6 is 0 Å². The van der Waals surface area contributed by atoms with E-state index in [1.807, 2.05) is 0 Å². The lowest BCUT2D eigenvalue weighted by atomic mass is 10.3. The van der Waals surface area contributed by atoms with Gasteiger partial charge < -0.3 is 14.8 Å². The number of ether oxygens (including phenoxy) is 2. The lowest BCUT2D eigenvalue weighted by Crippen LogP contribution is -2.30. The molecule has 0 aliphatic carbocycles. The van der Waals surface area contributed by atoms with Gasteiger partial charge >= 0.3 is 6.09 Å². The first-order valence-electron chi connectivity index (χ1n) is 3.43. The van der Waals surface area contributed by atoms with E-state index in [4.69, 9.17) is 4.74 Å². The molecule has 0 radical (unpaired) electrons. The van der Waals surface area contributed by atoms with Crippen molar-refractivity contribution in [2.75, 3.05) is 13.7 Å². The Hall–Kier alpha value is -1.36. The standard InChI is InChI=1S/C7H9NO4/c1-8-7(10)12-6-3-2-5(9)4-11-6/h2-3,6H,4H2,1H3,(H,8,10). The number of alkyl carbamates (subject to hydrolysis) is 1. The summed E-state index contributed by atoms with van der Waals surface area (Å²) in [6, 6.07) is 0. The normalized spacial score (nSPS) is 22.1. The average molecular weight is 171 g/mol. The molecule has 1 atom stereocenters. The Morgan fingerprint density at radius 2 is 2.58 bits per heavy atom. The highest BCUT2D eigenvalue weighted by molar-refractivity contribution is 5.91. The molecule has 0 fully saturated rings. The van der Waals surface area contributed by atoms with Crippen LogP contribution in [0.2, 0.25) is 0 Å². The smallest absolute Gasteiger partial charge is 0.409 e. The fourth-order valence-electron chi connectivity index (χ4n) is 0.692. The largest absolute Gasteiger partial charge is 0.416 e. The van der Waals surface area contributed by atoms with Crippen LogP contribution in [-0.4, -0.2) is 31.8 Å². The summed E-state index contributed by atoms with van der Waals surface area (Å²) >= 11 is 0. The predicted molar refractivity (Wildman–Crippen MR) is 39.4 cm³/mol. The van der Waals surface area contributed by atoms with E-state index in [0.29, 0.717) is 0 Å². The van der Waals surface area contributed by atoms with Crippen LogP contribution in [0, 0.1) is 0 Å². The van der Waals surface area contributed by atoms with Gasteiger partial charge in [-0.3, -0.25) is 4.79 Å². The van der Waals surface area contributed by atoms with Crippen molar-refractivity contribution < 1.29 is 19.1 Å². The zero-order chi connectivity index (χ0) is 8.97. The van der Waals surface area contributed by atoms with E-state index in [-0.39, 0.29) is 12.4 Å². The highest BCUT2D eigenvalue weighted by Gasteiger charge is 2.16. The number of carbonyl (C=O) groups is 2. The Bertz CT molecular complexity index is 223. The zero-order valence-electron chi connectivity index (χ0n) is 6.57. The summed E-state index contributed by atoms with van der Waals surface area (Å²) in [6.07, 6.45) is 1.39. The van der Waals surface area contributed by atoms with Gasteiger partial charge in [0.25, 0.3) is 0 Å². The molecule has 1 aliphatic rings. The van der Waals surface area contributed by atoms with Crippen LogP contribution in [0.1, 0.15) is 0 Å². The molecule has 0 aromatic rings. The van der Waals surface area contributed by atoms with Crippen LogP contribution < -0.4 is 5.32 Å². The predicted octanol–water partition coefficient (Wildman–Crippen LogP) is -0.176. The molecule has 0 aromatic heterocycles. The van der Waals surface area contributed by atoms with Gasteiger partial charge in [-0.15, -0.1) is 0 Å². The third-order valence-corrected chi connectivity index (χ3v) is 1.26. The van der Waals surface area contributed by atoms with Gasteiger partial charge in [-0.1, -0.05) is 0 Å². The molecule has 0 bridgehead atoms. The van der Waals surface area contributed by atoms with E-state index in [0.717, 1.165) is 0 Å². The molecule has 5 nitrogen and oxygen atoms in total. The number of amides is 1. The minimum atomic E-state index is -0.748. The summed E-state index contributed by atoms with van der Waals surface area (Å²) in [5.74, 6) is -0.133. The molecule has 12 heavy (non-hydrogen) atoms. The third-order valence-electron chi connectivity index (χ3n) is 1.26. The monoisotopic (exact) mass is 171 g/mol. The van der Waals surface area contributed by atoms with E-state index in [1.165, 1.54) is 19.2 Å². The second-order valence-corrected chi connectivity index (χ2v) is 2.16. The quantitative estimate of drug-likeness (QED) is 0.594. The summed E-state index contributed by atoms with van der Waals surface area (Å²) in [5, 5.41) is 2.26. The minimum Gasteiger partial charge on any atom is -0.416 e. The first kappa shape index (κ1) is 8.73. The summed E-state index contributed by atoms with van der Waals surface area (Å²) in [5.41, 5.74) is 0. The van der Waals surface area contributed by atoms with Gasteiger partial charge in [0.2, 0.25) is 6.29 Å². The summed E-state index contributed by atoms with van der Waals surface area (Å²) in [7, 11) is 1.44. The molecule has 0 saturated heterocycles. The second-order valence-electron chi connectivity index (χ2n) is 2.16. The van der Waals surface area contributed by atoms with Gasteiger partial charge in [0.1, 0.15) is 6.61 Å². The zero-order valence-corrected chi connectivity index (χ0v) is 6.57. The maximum Gasteiger partial charge on any atom is 0.409 e. The fourth-order valence-corrected chi connectivity index (χ4v) is 0.692. The first-order valence-corrected chi connectivity index (χ1v) is 3.43. The number of hydrogen-bond acceptors (Lipinski definition) is 4. The van der Waals surface area contributed by atoms with Crippen molar-refractivity contribution in [2.45, 2.75) is 6.29 Å². The highest BCUT2D eigenvalue weighted by atomic mass is 16.7. The van der Waals surface area contributed by atoms with Crippen molar-refractivity contribution in [3.05, 3.63) is 12.2 Å². The van der Waals surface area contributed by atoms with E-state index < -0.39 is 12.4 Å². The van der Waals surface area contributed by atoms with Crippen molar-refractivity contribution in [2.24, 2.45) is 0 Å². The molecule has 0 saturated carbocycles. The Labute approximate surface area is 69.3 Å². The average Bonchev–Trinajstić information content (AvgIpc) is 2.09. The lowest BCUT2D eigenvalue weighted by molar-refractivity contribution is -0.131. The number of hydrogen-bond donors (Lipinski definition) is 1. The van der Waals surface area contributed by atoms with Crippen molar-refractivity contribution in [3.8, 4) is 0 Å². The van der Waals surface area contributed by atoms with Gasteiger partial charge in [0.15, 0.2) is 5.78 Å². The second kappa shape index (κ2) is 3.87. The topological polar surface area (TPSA) is 64.6 Å². The van der Waals surface area contributed by atoms with Crippen LogP contribution in [0.25, 0.3) is 0 Å². The number of carbonyl (C=O) groups excluding carboxylic acids is 2. The first-order chi connectivity index (χ1) is 5.72. The third kappa shape index (κ3) is 2.35. The Kier molecular flexibility index (Phi) is 2.82. The summed E-state index contributed by atoms with van der Waals surface area (Å²) in [4.78, 5) is 21.2. The molecule has 1 unspecified atom stereocenters. The molecule has 1 aliphatic heterocycles. The molecule has 5 heteroatoms. The lowest BCUT2D eigenvalue weighted by Gasteiger charge is -2.16. The Morgan fingerprint density at radius 1 is 1.83 bits per heavy atom. The minimum absolute atomic E-state index is 0.0435. The van der Waals surface area contributed by atoms with Crippen LogP contribution in [0.3, 0.4) is 0 Å². The van der Waals surface area contributed by atoms with Crippen molar-refractivity contribution in [1.29, 1.82) is 0 Å².